The SMILES string of the molecule is COC1O[C@@H]2[C@H](O1)[C@@H](COP1OP(=O)(O)C(Cl)(Cl)P(=O)(O)O1)O[C@H]2n1cnc2c(N)nc(Cl)nc21. The maximum Gasteiger partial charge on any atom is 0.383 e. The molecule has 4 N–H and O–H groups in total. The van der Waals surface area contributed by atoms with Gasteiger partial charge in [-0.05, 0) is 11.6 Å². The lowest BCUT2D eigenvalue weighted by Crippen LogP contribution is -2.32. The lowest BCUT2D eigenvalue weighted by Gasteiger charge is -2.35. The normalized spacial score (nSPS) is 40.9. The second-order valence-corrected chi connectivity index (χ2v) is 15.7. The summed E-state index contributed by atoms with van der Waals surface area (Å²) in [4.78, 5) is 32.0. The van der Waals surface area contributed by atoms with Crippen molar-refractivity contribution >= 4 is 75.6 Å². The number of nitrogens with two attached hydrogens (primary N) is 1. The lowest BCUT2D eigenvalue weighted by molar-refractivity contribution is -0.256. The van der Waals surface area contributed by atoms with E-state index in [2.05, 4.69) is 15.0 Å². The molecule has 5 heterocycles. The Bertz CT molecular complexity index is 1230. The third-order valence-corrected chi connectivity index (χ3v) is 13.9. The van der Waals surface area contributed by atoms with Gasteiger partial charge in [0, 0.05) is 7.11 Å². The average Bonchev–Trinajstić information content (AvgIpc) is 3.44. The van der Waals surface area contributed by atoms with Crippen LogP contribution in [0.25, 0.3) is 11.2 Å². The zero-order chi connectivity index (χ0) is 25.3. The Labute approximate surface area is 211 Å². The summed E-state index contributed by atoms with van der Waals surface area (Å²) in [5.41, 5.74) is 6.38. The molecule has 3 aliphatic heterocycles. The fourth-order valence-electron chi connectivity index (χ4n) is 3.51. The Kier molecular flexibility index (Phi) is 6.92. The topological polar surface area (TPSA) is 209 Å². The van der Waals surface area contributed by atoms with E-state index in [-0.39, 0.29) is 22.3 Å². The minimum Gasteiger partial charge on any atom is -0.382 e. The van der Waals surface area contributed by atoms with Gasteiger partial charge in [0.1, 0.15) is 23.8 Å². The van der Waals surface area contributed by atoms with E-state index in [1.807, 2.05) is 0 Å². The molecule has 22 heteroatoms. The summed E-state index contributed by atoms with van der Waals surface area (Å²) in [6.07, 6.45) is -1.98. The van der Waals surface area contributed by atoms with E-state index in [1.165, 1.54) is 18.0 Å². The molecule has 0 saturated carbocycles. The third kappa shape index (κ3) is 4.42. The van der Waals surface area contributed by atoms with Crippen molar-refractivity contribution < 1.29 is 51.0 Å². The van der Waals surface area contributed by atoms with Crippen molar-refractivity contribution in [2.75, 3.05) is 19.5 Å². The van der Waals surface area contributed by atoms with E-state index in [0.29, 0.717) is 0 Å². The molecule has 3 saturated heterocycles. The van der Waals surface area contributed by atoms with Crippen LogP contribution in [0.15, 0.2) is 6.33 Å². The molecule has 2 aromatic rings. The van der Waals surface area contributed by atoms with Crippen molar-refractivity contribution in [3.05, 3.63) is 11.6 Å². The number of anilines is 1. The Morgan fingerprint density at radius 3 is 2.51 bits per heavy atom. The van der Waals surface area contributed by atoms with E-state index >= 15 is 0 Å². The summed E-state index contributed by atoms with van der Waals surface area (Å²) in [5.74, 6) is 0.0532. The number of fused-ring (bicyclic) bond motifs is 2. The summed E-state index contributed by atoms with van der Waals surface area (Å²) in [6, 6.07) is 0. The lowest BCUT2D eigenvalue weighted by atomic mass is 10.1. The number of hydrogen-bond donors (Lipinski definition) is 3. The highest BCUT2D eigenvalue weighted by Crippen LogP contribution is 2.87. The molecule has 3 fully saturated rings. The van der Waals surface area contributed by atoms with Gasteiger partial charge in [0.2, 0.25) is 5.28 Å². The molecule has 0 aliphatic carbocycles. The Hall–Kier alpha value is -0.250. The molecule has 0 radical (unpaired) electrons. The first-order valence-electron chi connectivity index (χ1n) is 9.35. The number of alkyl halides is 2. The van der Waals surface area contributed by atoms with Crippen LogP contribution >= 0.6 is 58.6 Å². The van der Waals surface area contributed by atoms with Crippen LogP contribution in [0.3, 0.4) is 0 Å². The minimum absolute atomic E-state index is 0.0532. The molecule has 194 valence electrons. The van der Waals surface area contributed by atoms with Gasteiger partial charge in [-0.3, -0.25) is 13.7 Å². The number of imidazole rings is 1. The molecule has 3 aliphatic rings. The summed E-state index contributed by atoms with van der Waals surface area (Å²) < 4.78 is 60.3. The van der Waals surface area contributed by atoms with Crippen LogP contribution in [0.5, 0.6) is 0 Å². The molecule has 0 aromatic carbocycles. The minimum atomic E-state index is -5.02. The zero-order valence-electron chi connectivity index (χ0n) is 17.1. The number of ether oxygens (including phenoxy) is 4. The highest BCUT2D eigenvalue weighted by molar-refractivity contribution is 7.86. The van der Waals surface area contributed by atoms with Crippen LogP contribution < -0.4 is 5.73 Å². The van der Waals surface area contributed by atoms with Crippen molar-refractivity contribution in [3.63, 3.8) is 0 Å². The smallest absolute Gasteiger partial charge is 0.382 e. The first kappa shape index (κ1) is 26.4. The van der Waals surface area contributed by atoms with Crippen molar-refractivity contribution in [2.45, 2.75) is 34.8 Å². The third-order valence-electron chi connectivity index (χ3n) is 5.09. The number of rotatable bonds is 5. The van der Waals surface area contributed by atoms with Crippen LogP contribution in [0, 0.1) is 0 Å². The van der Waals surface area contributed by atoms with Crippen molar-refractivity contribution in [1.29, 1.82) is 0 Å². The highest BCUT2D eigenvalue weighted by Gasteiger charge is 2.68. The number of nitrogens with zero attached hydrogens (tertiary/aromatic N) is 4. The molecule has 16 nitrogen and oxygen atoms in total. The molecule has 5 rings (SSSR count). The largest absolute Gasteiger partial charge is 0.383 e. The second kappa shape index (κ2) is 9.19. The predicted octanol–water partition coefficient (Wildman–Crippen LogP) is 2.42. The maximum atomic E-state index is 12.2. The van der Waals surface area contributed by atoms with E-state index in [1.54, 1.807) is 0 Å². The van der Waals surface area contributed by atoms with Crippen molar-refractivity contribution in [1.82, 2.24) is 19.5 Å². The molecule has 3 unspecified atom stereocenters. The number of halogens is 3. The molecular weight excluding hydrogens is 601 g/mol. The number of hydrogen-bond acceptors (Lipinski definition) is 13. The Balaban J connectivity index is 1.38. The van der Waals surface area contributed by atoms with E-state index in [4.69, 9.17) is 72.6 Å². The standard InChI is InChI=1S/C13H15Cl3N5O11P3/c1-26-12-29-6-4(2-27-33-31-34(22,23)13(15,16)35(24,25)32-33)28-10(7(6)30-12)21-3-18-5-8(17)19-11(14)20-9(5)21/h3-4,6-7,10,12H,2H2,1H3,(H,22,23)(H,24,25)(H2,17,19,20)/t4-,6-,7-,10-,12?/m1/s1. The van der Waals surface area contributed by atoms with Gasteiger partial charge in [0.05, 0.1) is 12.9 Å². The monoisotopic (exact) mass is 615 g/mol. The van der Waals surface area contributed by atoms with Gasteiger partial charge < -0.3 is 39.0 Å². The van der Waals surface area contributed by atoms with Crippen LogP contribution in [0.2, 0.25) is 5.28 Å². The highest BCUT2D eigenvalue weighted by atomic mass is 35.5. The maximum absolute atomic E-state index is 12.2. The van der Waals surface area contributed by atoms with Gasteiger partial charge in [0.25, 0.3) is 6.48 Å². The number of nitrogen functional groups attached to an aromatic ring is 1. The first-order chi connectivity index (χ1) is 16.3. The summed E-state index contributed by atoms with van der Waals surface area (Å²) in [6.45, 7) is -1.45. The molecule has 2 aromatic heterocycles. The van der Waals surface area contributed by atoms with E-state index in [0.717, 1.165) is 0 Å². The van der Waals surface area contributed by atoms with Gasteiger partial charge in [0.15, 0.2) is 17.7 Å². The molecule has 0 bridgehead atoms. The van der Waals surface area contributed by atoms with Crippen LogP contribution in [0.4, 0.5) is 5.82 Å². The quantitative estimate of drug-likeness (QED) is 0.250. The van der Waals surface area contributed by atoms with Crippen LogP contribution in [0.1, 0.15) is 6.23 Å². The molecule has 7 atom stereocenters. The van der Waals surface area contributed by atoms with Gasteiger partial charge in [-0.15, -0.1) is 0 Å². The van der Waals surface area contributed by atoms with Gasteiger partial charge >= 0.3 is 27.6 Å². The summed E-state index contributed by atoms with van der Waals surface area (Å²) in [7, 11) is -11.5. The van der Waals surface area contributed by atoms with Crippen LogP contribution in [-0.2, 0) is 41.2 Å². The number of aromatic nitrogens is 4. The van der Waals surface area contributed by atoms with Crippen LogP contribution in [-0.4, -0.2) is 71.6 Å². The van der Waals surface area contributed by atoms with Crippen molar-refractivity contribution in [2.24, 2.45) is 0 Å². The first-order valence-corrected chi connectivity index (χ1v) is 14.7. The summed E-state index contributed by atoms with van der Waals surface area (Å²) >= 11 is 17.0. The Morgan fingerprint density at radius 2 is 1.86 bits per heavy atom. The van der Waals surface area contributed by atoms with Gasteiger partial charge in [-0.25, -0.2) is 13.6 Å². The van der Waals surface area contributed by atoms with E-state index < -0.39 is 65.2 Å². The zero-order valence-corrected chi connectivity index (χ0v) is 22.0. The molecular formula is C13H15Cl3N5O11P3. The second-order valence-electron chi connectivity index (χ2n) is 7.23. The van der Waals surface area contributed by atoms with Gasteiger partial charge in [-0.2, -0.15) is 9.97 Å². The average molecular weight is 617 g/mol. The predicted molar refractivity (Wildman–Crippen MR) is 118 cm³/mol. The fourth-order valence-corrected chi connectivity index (χ4v) is 9.99. The molecule has 0 amide bonds. The molecule has 35 heavy (non-hydrogen) atoms. The fraction of sp³-hybridized carbons (Fsp3) is 0.615. The summed E-state index contributed by atoms with van der Waals surface area (Å²) in [5, 5.41) is -0.115. The molecule has 0 spiro atoms. The Morgan fingerprint density at radius 1 is 1.20 bits per heavy atom. The van der Waals surface area contributed by atoms with Gasteiger partial charge in [-0.1, -0.05) is 23.2 Å². The van der Waals surface area contributed by atoms with Crippen molar-refractivity contribution in [3.8, 4) is 0 Å². The van der Waals surface area contributed by atoms with E-state index in [9.17, 15) is 18.9 Å². The number of methoxy groups -OCH3 is 1.